The van der Waals surface area contributed by atoms with Crippen molar-refractivity contribution in [2.24, 2.45) is 18.9 Å². The Morgan fingerprint density at radius 1 is 1.25 bits per heavy atom. The second kappa shape index (κ2) is 6.43. The Balaban J connectivity index is 2.19. The lowest BCUT2D eigenvalue weighted by Gasteiger charge is -2.35. The van der Waals surface area contributed by atoms with E-state index in [2.05, 4.69) is 28.7 Å². The topological polar surface area (TPSA) is 85.2 Å². The second-order valence-electron chi connectivity index (χ2n) is 6.90. The minimum absolute atomic E-state index is 0.402. The summed E-state index contributed by atoms with van der Waals surface area (Å²) in [7, 11) is 3.25. The number of nitrogens with one attached hydrogen (secondary N) is 1. The van der Waals surface area contributed by atoms with E-state index in [1.54, 1.807) is 14.2 Å². The van der Waals surface area contributed by atoms with Crippen LogP contribution in [0.15, 0.2) is 9.59 Å². The van der Waals surface area contributed by atoms with E-state index in [4.69, 9.17) is 4.74 Å². The van der Waals surface area contributed by atoms with Gasteiger partial charge in [-0.25, -0.2) is 4.79 Å². The molecule has 0 amide bonds. The van der Waals surface area contributed by atoms with E-state index in [0.717, 1.165) is 19.0 Å². The summed E-state index contributed by atoms with van der Waals surface area (Å²) >= 11 is 0. The molecule has 1 saturated heterocycles. The van der Waals surface area contributed by atoms with Crippen LogP contribution in [0.25, 0.3) is 11.2 Å². The van der Waals surface area contributed by atoms with Gasteiger partial charge in [0, 0.05) is 33.8 Å². The number of hydrogen-bond acceptors (Lipinski definition) is 5. The van der Waals surface area contributed by atoms with Gasteiger partial charge in [-0.1, -0.05) is 13.8 Å². The largest absolute Gasteiger partial charge is 0.383 e. The Morgan fingerprint density at radius 3 is 2.54 bits per heavy atom. The fourth-order valence-electron chi connectivity index (χ4n) is 3.69. The number of aryl methyl sites for hydroxylation is 1. The first-order valence-electron chi connectivity index (χ1n) is 8.35. The van der Waals surface area contributed by atoms with Crippen molar-refractivity contribution < 1.29 is 4.74 Å². The molecule has 132 valence electrons. The Kier molecular flexibility index (Phi) is 4.49. The van der Waals surface area contributed by atoms with Crippen LogP contribution in [-0.2, 0) is 18.3 Å². The van der Waals surface area contributed by atoms with Crippen molar-refractivity contribution in [3.63, 3.8) is 0 Å². The Bertz CT molecular complexity index is 840. The monoisotopic (exact) mass is 335 g/mol. The number of rotatable bonds is 4. The van der Waals surface area contributed by atoms with Crippen LogP contribution in [0.3, 0.4) is 0 Å². The third-order valence-corrected chi connectivity index (χ3v) is 4.66. The molecule has 0 spiro atoms. The van der Waals surface area contributed by atoms with E-state index >= 15 is 0 Å². The number of methoxy groups -OCH3 is 1. The molecule has 3 heterocycles. The minimum atomic E-state index is -0.448. The van der Waals surface area contributed by atoms with Gasteiger partial charge >= 0.3 is 5.69 Å². The van der Waals surface area contributed by atoms with E-state index in [1.165, 1.54) is 11.0 Å². The van der Waals surface area contributed by atoms with Gasteiger partial charge in [-0.15, -0.1) is 0 Å². The lowest BCUT2D eigenvalue weighted by molar-refractivity contribution is 0.188. The molecule has 8 heteroatoms. The maximum absolute atomic E-state index is 12.4. The highest BCUT2D eigenvalue weighted by molar-refractivity contribution is 5.74. The van der Waals surface area contributed by atoms with Gasteiger partial charge in [-0.2, -0.15) is 4.98 Å². The summed E-state index contributed by atoms with van der Waals surface area (Å²) in [6.45, 7) is 7.24. The average molecular weight is 335 g/mol. The van der Waals surface area contributed by atoms with Crippen molar-refractivity contribution in [3.8, 4) is 0 Å². The fourth-order valence-corrected chi connectivity index (χ4v) is 3.69. The van der Waals surface area contributed by atoms with E-state index in [-0.39, 0.29) is 0 Å². The summed E-state index contributed by atoms with van der Waals surface area (Å²) in [6.07, 6.45) is 1.19. The highest BCUT2D eigenvalue weighted by Crippen LogP contribution is 2.27. The Morgan fingerprint density at radius 2 is 1.92 bits per heavy atom. The molecule has 8 nitrogen and oxygen atoms in total. The molecule has 1 N–H and O–H groups in total. The number of nitrogens with zero attached hydrogens (tertiary/aromatic N) is 4. The molecule has 0 bridgehead atoms. The van der Waals surface area contributed by atoms with Crippen molar-refractivity contribution in [3.05, 3.63) is 20.8 Å². The number of fused-ring (bicyclic) bond motifs is 1. The predicted molar refractivity (Wildman–Crippen MR) is 92.6 cm³/mol. The summed E-state index contributed by atoms with van der Waals surface area (Å²) in [6, 6.07) is 0. The average Bonchev–Trinajstić information content (AvgIpc) is 2.90. The van der Waals surface area contributed by atoms with Gasteiger partial charge in [0.25, 0.3) is 5.56 Å². The first kappa shape index (κ1) is 16.8. The standard InChI is InChI=1S/C16H25N5O3/c1-10-7-11(2)9-20(8-10)15-17-13-12(21(15)5-6-24-4)14(22)18-16(23)19(13)3/h10-11H,5-9H2,1-4H3,(H,18,22,23)/t10-,11-/m0/s1. The molecule has 0 saturated carbocycles. The number of piperidine rings is 1. The van der Waals surface area contributed by atoms with E-state index in [1.807, 2.05) is 4.57 Å². The number of anilines is 1. The molecule has 0 aliphatic carbocycles. The lowest BCUT2D eigenvalue weighted by atomic mass is 9.92. The molecule has 2 atom stereocenters. The molecule has 1 fully saturated rings. The molecule has 3 rings (SSSR count). The zero-order chi connectivity index (χ0) is 17.4. The molecule has 24 heavy (non-hydrogen) atoms. The number of ether oxygens (including phenoxy) is 1. The van der Waals surface area contributed by atoms with Gasteiger partial charge in [0.15, 0.2) is 11.2 Å². The van der Waals surface area contributed by atoms with Gasteiger partial charge in [-0.05, 0) is 18.3 Å². The smallest absolute Gasteiger partial charge is 0.329 e. The van der Waals surface area contributed by atoms with Crippen molar-refractivity contribution in [1.82, 2.24) is 19.1 Å². The quantitative estimate of drug-likeness (QED) is 0.882. The molecule has 1 aliphatic rings. The lowest BCUT2D eigenvalue weighted by Crippen LogP contribution is -2.40. The summed E-state index contributed by atoms with van der Waals surface area (Å²) in [5.74, 6) is 1.87. The highest BCUT2D eigenvalue weighted by Gasteiger charge is 2.27. The molecule has 2 aromatic heterocycles. The summed E-state index contributed by atoms with van der Waals surface area (Å²) in [4.78, 5) is 33.5. The van der Waals surface area contributed by atoms with Crippen LogP contribution in [0.2, 0.25) is 0 Å². The first-order valence-corrected chi connectivity index (χ1v) is 8.35. The zero-order valence-corrected chi connectivity index (χ0v) is 14.7. The van der Waals surface area contributed by atoms with Crippen LogP contribution < -0.4 is 16.1 Å². The molecule has 1 aliphatic heterocycles. The van der Waals surface area contributed by atoms with Crippen LogP contribution in [0, 0.1) is 11.8 Å². The van der Waals surface area contributed by atoms with Gasteiger partial charge in [0.2, 0.25) is 5.95 Å². The third-order valence-electron chi connectivity index (χ3n) is 4.66. The molecule has 0 aromatic carbocycles. The fraction of sp³-hybridized carbons (Fsp3) is 0.688. The van der Waals surface area contributed by atoms with Gasteiger partial charge < -0.3 is 14.2 Å². The SMILES string of the molecule is COCCn1c(N2C[C@@H](C)C[C@H](C)C2)nc2c1c(=O)[nH]c(=O)n2C. The minimum Gasteiger partial charge on any atom is -0.383 e. The summed E-state index contributed by atoms with van der Waals surface area (Å²) in [5, 5.41) is 0. The van der Waals surface area contributed by atoms with E-state index in [0.29, 0.717) is 36.2 Å². The molecule has 0 radical (unpaired) electrons. The maximum atomic E-state index is 12.4. The number of aromatic amines is 1. The van der Waals surface area contributed by atoms with Crippen LogP contribution in [-0.4, -0.2) is 45.9 Å². The van der Waals surface area contributed by atoms with Crippen LogP contribution in [0.5, 0.6) is 0 Å². The number of hydrogen-bond donors (Lipinski definition) is 1. The maximum Gasteiger partial charge on any atom is 0.329 e. The first-order chi connectivity index (χ1) is 11.4. The van der Waals surface area contributed by atoms with E-state index < -0.39 is 11.2 Å². The predicted octanol–water partition coefficient (Wildman–Crippen LogP) is 0.552. The summed E-state index contributed by atoms with van der Waals surface area (Å²) in [5.41, 5.74) is -0.00681. The van der Waals surface area contributed by atoms with Crippen LogP contribution in [0.4, 0.5) is 5.95 Å². The zero-order valence-electron chi connectivity index (χ0n) is 14.7. The second-order valence-corrected chi connectivity index (χ2v) is 6.90. The summed E-state index contributed by atoms with van der Waals surface area (Å²) < 4.78 is 8.46. The van der Waals surface area contributed by atoms with Crippen molar-refractivity contribution in [2.75, 3.05) is 31.7 Å². The highest BCUT2D eigenvalue weighted by atomic mass is 16.5. The third kappa shape index (κ3) is 2.86. The molecular formula is C16H25N5O3. The van der Waals surface area contributed by atoms with Gasteiger partial charge in [0.1, 0.15) is 0 Å². The van der Waals surface area contributed by atoms with Gasteiger partial charge in [0.05, 0.1) is 6.61 Å². The molecular weight excluding hydrogens is 310 g/mol. The van der Waals surface area contributed by atoms with Crippen molar-refractivity contribution in [1.29, 1.82) is 0 Å². The van der Waals surface area contributed by atoms with Crippen molar-refractivity contribution in [2.45, 2.75) is 26.8 Å². The number of imidazole rings is 1. The van der Waals surface area contributed by atoms with Gasteiger partial charge in [-0.3, -0.25) is 14.3 Å². The number of H-pyrrole nitrogens is 1. The van der Waals surface area contributed by atoms with Crippen LogP contribution >= 0.6 is 0 Å². The normalized spacial score (nSPS) is 21.6. The molecule has 0 unspecified atom stereocenters. The molecule has 2 aromatic rings. The van der Waals surface area contributed by atoms with E-state index in [9.17, 15) is 9.59 Å². The Labute approximate surface area is 140 Å². The number of aromatic nitrogens is 4. The Hall–Kier alpha value is -2.09. The van der Waals surface area contributed by atoms with Crippen LogP contribution in [0.1, 0.15) is 20.3 Å². The van der Waals surface area contributed by atoms with Crippen molar-refractivity contribution >= 4 is 17.1 Å².